The van der Waals surface area contributed by atoms with Crippen LogP contribution in [0.2, 0.25) is 0 Å². The Hall–Kier alpha value is -0.770. The van der Waals surface area contributed by atoms with Crippen LogP contribution in [0.5, 0.6) is 5.75 Å². The Kier molecular flexibility index (Phi) is 5.75. The van der Waals surface area contributed by atoms with Crippen molar-refractivity contribution < 1.29 is 9.84 Å². The number of aliphatic hydroxyl groups is 1. The molecule has 4 heteroatoms. The van der Waals surface area contributed by atoms with Crippen molar-refractivity contribution in [2.75, 3.05) is 19.7 Å². The minimum Gasteiger partial charge on any atom is -0.491 e. The van der Waals surface area contributed by atoms with E-state index < -0.39 is 5.60 Å². The second-order valence-electron chi connectivity index (χ2n) is 4.43. The average Bonchev–Trinajstić information content (AvgIpc) is 2.54. The van der Waals surface area contributed by atoms with Gasteiger partial charge in [0.2, 0.25) is 0 Å². The SMILES string of the molecule is Cl.OC1(COc2ccccc2)CCCNCC1. The lowest BCUT2D eigenvalue weighted by Gasteiger charge is -2.26. The lowest BCUT2D eigenvalue weighted by molar-refractivity contribution is -0.0147. The zero-order valence-corrected chi connectivity index (χ0v) is 10.7. The van der Waals surface area contributed by atoms with Crippen molar-refractivity contribution in [1.29, 1.82) is 0 Å². The summed E-state index contributed by atoms with van der Waals surface area (Å²) in [4.78, 5) is 0. The molecule has 1 fully saturated rings. The molecule has 1 aliphatic heterocycles. The van der Waals surface area contributed by atoms with Crippen LogP contribution in [0, 0.1) is 0 Å². The van der Waals surface area contributed by atoms with Gasteiger partial charge in [-0.1, -0.05) is 18.2 Å². The highest BCUT2D eigenvalue weighted by Crippen LogP contribution is 2.21. The summed E-state index contributed by atoms with van der Waals surface area (Å²) in [6, 6.07) is 9.66. The molecular weight excluding hydrogens is 238 g/mol. The third-order valence-corrected chi connectivity index (χ3v) is 3.01. The van der Waals surface area contributed by atoms with Gasteiger partial charge in [0.15, 0.2) is 0 Å². The highest BCUT2D eigenvalue weighted by atomic mass is 35.5. The number of hydrogen-bond donors (Lipinski definition) is 2. The standard InChI is InChI=1S/C13H19NO2.ClH/c15-13(7-4-9-14-10-8-13)11-16-12-5-2-1-3-6-12;/h1-3,5-6,14-15H,4,7-11H2;1H. The zero-order valence-electron chi connectivity index (χ0n) is 9.89. The van der Waals surface area contributed by atoms with E-state index in [4.69, 9.17) is 4.74 Å². The van der Waals surface area contributed by atoms with Crippen LogP contribution in [0.1, 0.15) is 19.3 Å². The number of hydrogen-bond acceptors (Lipinski definition) is 3. The van der Waals surface area contributed by atoms with Crippen molar-refractivity contribution in [2.45, 2.75) is 24.9 Å². The molecule has 1 aromatic carbocycles. The lowest BCUT2D eigenvalue weighted by Crippen LogP contribution is -2.36. The molecular formula is C13H20ClNO2. The summed E-state index contributed by atoms with van der Waals surface area (Å²) in [7, 11) is 0. The van der Waals surface area contributed by atoms with Gasteiger partial charge in [-0.15, -0.1) is 12.4 Å². The molecule has 0 spiro atoms. The molecule has 3 nitrogen and oxygen atoms in total. The molecule has 96 valence electrons. The molecule has 0 radical (unpaired) electrons. The highest BCUT2D eigenvalue weighted by Gasteiger charge is 2.28. The van der Waals surface area contributed by atoms with Crippen LogP contribution in [0.4, 0.5) is 0 Å². The molecule has 1 saturated heterocycles. The predicted molar refractivity (Wildman–Crippen MR) is 70.9 cm³/mol. The van der Waals surface area contributed by atoms with Crippen LogP contribution in [-0.2, 0) is 0 Å². The summed E-state index contributed by atoms with van der Waals surface area (Å²) in [6.45, 7) is 2.25. The van der Waals surface area contributed by atoms with Crippen LogP contribution in [0.3, 0.4) is 0 Å². The van der Waals surface area contributed by atoms with Gasteiger partial charge in [-0.25, -0.2) is 0 Å². The van der Waals surface area contributed by atoms with Crippen molar-refractivity contribution in [3.63, 3.8) is 0 Å². The molecule has 0 amide bonds. The Bertz CT molecular complexity index is 310. The molecule has 1 unspecified atom stereocenters. The third kappa shape index (κ3) is 4.54. The summed E-state index contributed by atoms with van der Waals surface area (Å²) in [5.74, 6) is 0.827. The van der Waals surface area contributed by atoms with Gasteiger partial charge >= 0.3 is 0 Å². The van der Waals surface area contributed by atoms with Crippen molar-refractivity contribution >= 4 is 12.4 Å². The van der Waals surface area contributed by atoms with Crippen LogP contribution in [0.15, 0.2) is 30.3 Å². The van der Waals surface area contributed by atoms with Gasteiger partial charge in [-0.05, 0) is 44.5 Å². The van der Waals surface area contributed by atoms with Gasteiger partial charge in [-0.2, -0.15) is 0 Å². The number of nitrogens with one attached hydrogen (secondary N) is 1. The second-order valence-corrected chi connectivity index (χ2v) is 4.43. The van der Waals surface area contributed by atoms with Gasteiger partial charge in [0.25, 0.3) is 0 Å². The first-order valence-electron chi connectivity index (χ1n) is 5.89. The fourth-order valence-electron chi connectivity index (χ4n) is 1.99. The van der Waals surface area contributed by atoms with E-state index in [2.05, 4.69) is 5.32 Å². The number of halogens is 1. The van der Waals surface area contributed by atoms with E-state index in [1.165, 1.54) is 0 Å². The first kappa shape index (κ1) is 14.3. The van der Waals surface area contributed by atoms with Crippen molar-refractivity contribution in [2.24, 2.45) is 0 Å². The van der Waals surface area contributed by atoms with Gasteiger partial charge < -0.3 is 15.2 Å². The molecule has 1 aliphatic rings. The van der Waals surface area contributed by atoms with Gasteiger partial charge in [0.1, 0.15) is 12.4 Å². The quantitative estimate of drug-likeness (QED) is 0.870. The molecule has 0 aromatic heterocycles. The van der Waals surface area contributed by atoms with Crippen molar-refractivity contribution in [3.05, 3.63) is 30.3 Å². The Labute approximate surface area is 109 Å². The largest absolute Gasteiger partial charge is 0.491 e. The Morgan fingerprint density at radius 2 is 1.94 bits per heavy atom. The zero-order chi connectivity index (χ0) is 11.3. The summed E-state index contributed by atoms with van der Waals surface area (Å²) in [5, 5.41) is 13.6. The van der Waals surface area contributed by atoms with E-state index >= 15 is 0 Å². The Balaban J connectivity index is 0.00000144. The topological polar surface area (TPSA) is 41.5 Å². The molecule has 1 aromatic rings. The van der Waals surface area contributed by atoms with Crippen molar-refractivity contribution in [3.8, 4) is 5.75 Å². The van der Waals surface area contributed by atoms with E-state index in [-0.39, 0.29) is 12.4 Å². The molecule has 2 rings (SSSR count). The summed E-state index contributed by atoms with van der Waals surface area (Å²) >= 11 is 0. The minimum absolute atomic E-state index is 0. The number of rotatable bonds is 3. The lowest BCUT2D eigenvalue weighted by atomic mass is 9.96. The van der Waals surface area contributed by atoms with E-state index in [0.29, 0.717) is 6.61 Å². The second kappa shape index (κ2) is 6.84. The Morgan fingerprint density at radius 1 is 1.18 bits per heavy atom. The number of para-hydroxylation sites is 1. The van der Waals surface area contributed by atoms with E-state index in [0.717, 1.165) is 38.1 Å². The fourth-order valence-corrected chi connectivity index (χ4v) is 1.99. The summed E-state index contributed by atoms with van der Waals surface area (Å²) < 4.78 is 5.63. The summed E-state index contributed by atoms with van der Waals surface area (Å²) in [5.41, 5.74) is -0.667. The van der Waals surface area contributed by atoms with E-state index in [9.17, 15) is 5.11 Å². The maximum atomic E-state index is 10.3. The first-order valence-corrected chi connectivity index (χ1v) is 5.89. The van der Waals surface area contributed by atoms with E-state index in [1.807, 2.05) is 30.3 Å². The maximum Gasteiger partial charge on any atom is 0.119 e. The van der Waals surface area contributed by atoms with Crippen LogP contribution in [-0.4, -0.2) is 30.4 Å². The van der Waals surface area contributed by atoms with Gasteiger partial charge in [0.05, 0.1) is 5.60 Å². The molecule has 1 atom stereocenters. The summed E-state index contributed by atoms with van der Waals surface area (Å²) in [6.07, 6.45) is 2.58. The third-order valence-electron chi connectivity index (χ3n) is 3.01. The van der Waals surface area contributed by atoms with Gasteiger partial charge in [0, 0.05) is 0 Å². The van der Waals surface area contributed by atoms with Crippen LogP contribution < -0.4 is 10.1 Å². The highest BCUT2D eigenvalue weighted by molar-refractivity contribution is 5.85. The maximum absolute atomic E-state index is 10.3. The van der Waals surface area contributed by atoms with Gasteiger partial charge in [-0.3, -0.25) is 0 Å². The molecule has 2 N–H and O–H groups in total. The minimum atomic E-state index is -0.667. The first-order chi connectivity index (χ1) is 7.79. The molecule has 0 saturated carbocycles. The number of ether oxygens (including phenoxy) is 1. The fraction of sp³-hybridized carbons (Fsp3) is 0.538. The normalized spacial score (nSPS) is 24.5. The van der Waals surface area contributed by atoms with Crippen LogP contribution in [0.25, 0.3) is 0 Å². The molecule has 1 heterocycles. The molecule has 17 heavy (non-hydrogen) atoms. The van der Waals surface area contributed by atoms with E-state index in [1.54, 1.807) is 0 Å². The molecule has 0 aliphatic carbocycles. The molecule has 0 bridgehead atoms. The monoisotopic (exact) mass is 257 g/mol. The Morgan fingerprint density at radius 3 is 2.71 bits per heavy atom. The average molecular weight is 258 g/mol. The van der Waals surface area contributed by atoms with Crippen LogP contribution >= 0.6 is 12.4 Å². The smallest absolute Gasteiger partial charge is 0.119 e. The predicted octanol–water partition coefficient (Wildman–Crippen LogP) is 1.99. The van der Waals surface area contributed by atoms with Crippen molar-refractivity contribution in [1.82, 2.24) is 5.32 Å². The number of benzene rings is 1.